The Hall–Kier alpha value is -1.14. The summed E-state index contributed by atoms with van der Waals surface area (Å²) in [7, 11) is -1.50. The molecule has 1 aromatic rings. The minimum atomic E-state index is -3.05. The Bertz CT molecular complexity index is 445. The van der Waals surface area contributed by atoms with Crippen LogP contribution < -0.4 is 5.32 Å². The van der Waals surface area contributed by atoms with Crippen LogP contribution in [0.5, 0.6) is 0 Å². The van der Waals surface area contributed by atoms with E-state index in [1.165, 1.54) is 12.1 Å². The van der Waals surface area contributed by atoms with Gasteiger partial charge >= 0.3 is 0 Å². The Morgan fingerprint density at radius 3 is 2.50 bits per heavy atom. The van der Waals surface area contributed by atoms with Crippen LogP contribution in [0.2, 0.25) is 0 Å². The zero-order chi connectivity index (χ0) is 13.4. The fourth-order valence-corrected chi connectivity index (χ4v) is 2.62. The average molecular weight is 275 g/mol. The molecule has 1 rings (SSSR count). The third-order valence-electron chi connectivity index (χ3n) is 2.39. The van der Waals surface area contributed by atoms with Crippen LogP contribution in [0.15, 0.2) is 24.3 Å². The van der Waals surface area contributed by atoms with Crippen LogP contribution in [-0.4, -0.2) is 40.2 Å². The lowest BCUT2D eigenvalue weighted by molar-refractivity contribution is 0.199. The van der Waals surface area contributed by atoms with Gasteiger partial charge in [0.2, 0.25) is 0 Å². The van der Waals surface area contributed by atoms with Crippen molar-refractivity contribution in [3.63, 3.8) is 0 Å². The Labute approximate surface area is 107 Å². The van der Waals surface area contributed by atoms with E-state index in [-0.39, 0.29) is 17.3 Å². The molecule has 0 unspecified atom stereocenters. The van der Waals surface area contributed by atoms with Crippen LogP contribution in [0.1, 0.15) is 6.42 Å². The second kappa shape index (κ2) is 7.33. The van der Waals surface area contributed by atoms with Crippen molar-refractivity contribution in [3.05, 3.63) is 30.1 Å². The summed E-state index contributed by atoms with van der Waals surface area (Å²) >= 11 is 0. The molecular weight excluding hydrogens is 257 g/mol. The fraction of sp³-hybridized carbons (Fsp3) is 0.500. The van der Waals surface area contributed by atoms with E-state index in [1.54, 1.807) is 19.2 Å². The van der Waals surface area contributed by atoms with Crippen LogP contribution in [0.3, 0.4) is 0 Å². The van der Waals surface area contributed by atoms with Crippen molar-refractivity contribution in [2.45, 2.75) is 6.42 Å². The maximum atomic E-state index is 12.6. The second-order valence-electron chi connectivity index (χ2n) is 3.93. The quantitative estimate of drug-likeness (QED) is 0.734. The van der Waals surface area contributed by atoms with E-state index in [0.717, 1.165) is 0 Å². The smallest absolute Gasteiger partial charge is 0.152 e. The molecular formula is C12H18FNO3S. The summed E-state index contributed by atoms with van der Waals surface area (Å²) < 4.78 is 40.6. The van der Waals surface area contributed by atoms with Crippen molar-refractivity contribution in [1.29, 1.82) is 0 Å². The van der Waals surface area contributed by atoms with Gasteiger partial charge in [-0.15, -0.1) is 0 Å². The van der Waals surface area contributed by atoms with Crippen molar-refractivity contribution in [1.82, 2.24) is 0 Å². The van der Waals surface area contributed by atoms with Crippen LogP contribution in [0.25, 0.3) is 0 Å². The van der Waals surface area contributed by atoms with Crippen molar-refractivity contribution in [2.75, 3.05) is 37.1 Å². The highest BCUT2D eigenvalue weighted by atomic mass is 32.2. The van der Waals surface area contributed by atoms with E-state index in [2.05, 4.69) is 5.32 Å². The summed E-state index contributed by atoms with van der Waals surface area (Å²) in [6.07, 6.45) is 0.509. The zero-order valence-corrected chi connectivity index (χ0v) is 11.2. The van der Waals surface area contributed by atoms with Crippen molar-refractivity contribution in [2.24, 2.45) is 0 Å². The molecule has 0 aromatic heterocycles. The number of sulfone groups is 1. The summed E-state index contributed by atoms with van der Waals surface area (Å²) in [6, 6.07) is 5.81. The molecule has 0 spiro atoms. The predicted octanol–water partition coefficient (Wildman–Crippen LogP) is 1.69. The number of hydrogen-bond donors (Lipinski definition) is 1. The Morgan fingerprint density at radius 1 is 1.22 bits per heavy atom. The standard InChI is InChI=1S/C12H18FNO3S/c1-17-8-2-9-18(15,16)10-7-14-12-5-3-11(13)4-6-12/h3-6,14H,2,7-10H2,1H3. The molecule has 0 aliphatic heterocycles. The minimum Gasteiger partial charge on any atom is -0.385 e. The Morgan fingerprint density at radius 2 is 1.89 bits per heavy atom. The maximum Gasteiger partial charge on any atom is 0.152 e. The molecule has 1 aromatic carbocycles. The lowest BCUT2D eigenvalue weighted by Gasteiger charge is -2.07. The SMILES string of the molecule is COCCCS(=O)(=O)CCNc1ccc(F)cc1. The van der Waals surface area contributed by atoms with E-state index in [4.69, 9.17) is 4.74 Å². The summed E-state index contributed by atoms with van der Waals surface area (Å²) in [5.74, 6) is -0.118. The van der Waals surface area contributed by atoms with Crippen molar-refractivity contribution in [3.8, 4) is 0 Å². The predicted molar refractivity (Wildman–Crippen MR) is 70.0 cm³/mol. The molecule has 0 heterocycles. The van der Waals surface area contributed by atoms with Crippen LogP contribution in [0.4, 0.5) is 10.1 Å². The number of hydrogen-bond acceptors (Lipinski definition) is 4. The third-order valence-corrected chi connectivity index (χ3v) is 4.13. The molecule has 6 heteroatoms. The topological polar surface area (TPSA) is 55.4 Å². The maximum absolute atomic E-state index is 12.6. The van der Waals surface area contributed by atoms with Crippen LogP contribution in [-0.2, 0) is 14.6 Å². The monoisotopic (exact) mass is 275 g/mol. The molecule has 0 radical (unpaired) electrons. The second-order valence-corrected chi connectivity index (χ2v) is 6.24. The molecule has 0 saturated heterocycles. The zero-order valence-electron chi connectivity index (χ0n) is 10.4. The fourth-order valence-electron chi connectivity index (χ4n) is 1.44. The van der Waals surface area contributed by atoms with Gasteiger partial charge < -0.3 is 10.1 Å². The van der Waals surface area contributed by atoms with Gasteiger partial charge in [-0.3, -0.25) is 0 Å². The summed E-state index contributed by atoms with van der Waals surface area (Å²) in [4.78, 5) is 0. The third kappa shape index (κ3) is 5.97. The Balaban J connectivity index is 2.30. The van der Waals surface area contributed by atoms with Crippen molar-refractivity contribution < 1.29 is 17.5 Å². The van der Waals surface area contributed by atoms with Gasteiger partial charge in [0.05, 0.1) is 11.5 Å². The highest BCUT2D eigenvalue weighted by molar-refractivity contribution is 7.91. The largest absolute Gasteiger partial charge is 0.385 e. The number of nitrogens with one attached hydrogen (secondary N) is 1. The van der Waals surface area contributed by atoms with Crippen LogP contribution >= 0.6 is 0 Å². The average Bonchev–Trinajstić information content (AvgIpc) is 2.32. The molecule has 0 aliphatic carbocycles. The van der Waals surface area contributed by atoms with Gasteiger partial charge in [-0.05, 0) is 30.7 Å². The summed E-state index contributed by atoms with van der Waals surface area (Å²) in [5.41, 5.74) is 0.712. The van der Waals surface area contributed by atoms with Gasteiger partial charge in [0.25, 0.3) is 0 Å². The molecule has 0 saturated carbocycles. The molecule has 102 valence electrons. The molecule has 0 bridgehead atoms. The molecule has 0 atom stereocenters. The van der Waals surface area contributed by atoms with Crippen LogP contribution in [0, 0.1) is 5.82 Å². The highest BCUT2D eigenvalue weighted by Gasteiger charge is 2.09. The van der Waals surface area contributed by atoms with Gasteiger partial charge in [-0.2, -0.15) is 0 Å². The Kier molecular flexibility index (Phi) is 6.07. The van der Waals surface area contributed by atoms with E-state index in [1.807, 2.05) is 0 Å². The molecule has 0 fully saturated rings. The van der Waals surface area contributed by atoms with E-state index in [9.17, 15) is 12.8 Å². The summed E-state index contributed by atoms with van der Waals surface area (Å²) in [5, 5.41) is 2.94. The molecule has 0 amide bonds. The first kappa shape index (κ1) is 14.9. The van der Waals surface area contributed by atoms with Crippen molar-refractivity contribution >= 4 is 15.5 Å². The number of anilines is 1. The normalized spacial score (nSPS) is 11.4. The number of ether oxygens (including phenoxy) is 1. The van der Waals surface area contributed by atoms with E-state index in [0.29, 0.717) is 25.3 Å². The van der Waals surface area contributed by atoms with Gasteiger partial charge in [0.1, 0.15) is 5.82 Å². The number of halogens is 1. The van der Waals surface area contributed by atoms with E-state index >= 15 is 0 Å². The van der Waals surface area contributed by atoms with Gasteiger partial charge in [0, 0.05) is 25.9 Å². The summed E-state index contributed by atoms with van der Waals surface area (Å²) in [6.45, 7) is 0.769. The number of benzene rings is 1. The minimum absolute atomic E-state index is 0.0636. The highest BCUT2D eigenvalue weighted by Crippen LogP contribution is 2.07. The lowest BCUT2D eigenvalue weighted by atomic mass is 10.3. The van der Waals surface area contributed by atoms with E-state index < -0.39 is 9.84 Å². The van der Waals surface area contributed by atoms with Gasteiger partial charge in [0.15, 0.2) is 9.84 Å². The van der Waals surface area contributed by atoms with Gasteiger partial charge in [-0.25, -0.2) is 12.8 Å². The van der Waals surface area contributed by atoms with Gasteiger partial charge in [-0.1, -0.05) is 0 Å². The molecule has 18 heavy (non-hydrogen) atoms. The molecule has 4 nitrogen and oxygen atoms in total. The first-order chi connectivity index (χ1) is 8.53. The molecule has 1 N–H and O–H groups in total. The first-order valence-electron chi connectivity index (χ1n) is 5.72. The first-order valence-corrected chi connectivity index (χ1v) is 7.54. The number of rotatable bonds is 8. The number of methoxy groups -OCH3 is 1. The molecule has 0 aliphatic rings. The lowest BCUT2D eigenvalue weighted by Crippen LogP contribution is -2.19.